The summed E-state index contributed by atoms with van der Waals surface area (Å²) in [5.41, 5.74) is 0. The highest BCUT2D eigenvalue weighted by atomic mass is 16.5. The van der Waals surface area contributed by atoms with Gasteiger partial charge in [0, 0.05) is 12.8 Å². The lowest BCUT2D eigenvalue weighted by Crippen LogP contribution is -2.18. The highest BCUT2D eigenvalue weighted by molar-refractivity contribution is 5.69. The molecule has 0 fully saturated rings. The van der Waals surface area contributed by atoms with E-state index >= 15 is 0 Å². The molecule has 0 spiro atoms. The minimum atomic E-state index is -0.770. The van der Waals surface area contributed by atoms with E-state index in [0.717, 1.165) is 25.7 Å². The van der Waals surface area contributed by atoms with Crippen LogP contribution in [0.3, 0.4) is 0 Å². The highest BCUT2D eigenvalue weighted by Gasteiger charge is 2.15. The highest BCUT2D eigenvalue weighted by Crippen LogP contribution is 2.18. The Bertz CT molecular complexity index is 571. The van der Waals surface area contributed by atoms with Crippen LogP contribution in [-0.4, -0.2) is 23.1 Å². The van der Waals surface area contributed by atoms with Gasteiger partial charge in [-0.25, -0.2) is 0 Å². The molecule has 236 valence electrons. The molecule has 1 atom stereocenters. The third kappa shape index (κ3) is 31.2. The molecule has 0 saturated carbocycles. The van der Waals surface area contributed by atoms with Gasteiger partial charge in [-0.3, -0.25) is 9.59 Å². The molecule has 0 bridgehead atoms. The number of unbranched alkanes of at least 4 members (excludes halogenated alkanes) is 21. The summed E-state index contributed by atoms with van der Waals surface area (Å²) in [6.45, 7) is 4.53. The number of allylic oxidation sites excluding steroid dienone is 2. The van der Waals surface area contributed by atoms with Crippen LogP contribution in [-0.2, 0) is 14.3 Å². The normalized spacial score (nSPS) is 12.2. The largest absolute Gasteiger partial charge is 0.481 e. The standard InChI is InChI=1S/C36H68O4/c1-3-5-7-9-11-13-15-16-17-18-20-22-24-26-28-33-36(39)40-34(31-29-32-35(37)38)30-27-25-23-21-19-14-12-10-8-6-4-2/h16-17,34H,3-15,18-33H2,1-2H3,(H,37,38)/b17-16-. The van der Waals surface area contributed by atoms with Gasteiger partial charge in [0.1, 0.15) is 6.10 Å². The predicted octanol–water partition coefficient (Wildman–Crippen LogP) is 11.9. The molecule has 0 saturated heterocycles. The Morgan fingerprint density at radius 3 is 1.40 bits per heavy atom. The molecule has 0 radical (unpaired) electrons. The van der Waals surface area contributed by atoms with Gasteiger partial charge in [-0.2, -0.15) is 0 Å². The molecule has 1 unspecified atom stereocenters. The summed E-state index contributed by atoms with van der Waals surface area (Å²) in [4.78, 5) is 23.4. The van der Waals surface area contributed by atoms with Gasteiger partial charge in [0.05, 0.1) is 0 Å². The molecule has 0 aliphatic carbocycles. The van der Waals surface area contributed by atoms with Crippen molar-refractivity contribution >= 4 is 11.9 Å². The molecule has 1 N–H and O–H groups in total. The van der Waals surface area contributed by atoms with E-state index in [2.05, 4.69) is 26.0 Å². The average Bonchev–Trinajstić information content (AvgIpc) is 2.93. The van der Waals surface area contributed by atoms with Crippen LogP contribution in [0.25, 0.3) is 0 Å². The molecule has 4 nitrogen and oxygen atoms in total. The molecule has 0 aromatic rings. The summed E-state index contributed by atoms with van der Waals surface area (Å²) in [5.74, 6) is -0.867. The van der Waals surface area contributed by atoms with Crippen LogP contribution >= 0.6 is 0 Å². The Hall–Kier alpha value is -1.32. The Balaban J connectivity index is 3.83. The average molecular weight is 565 g/mol. The number of carbonyl (C=O) groups is 2. The van der Waals surface area contributed by atoms with Crippen molar-refractivity contribution in [3.8, 4) is 0 Å². The van der Waals surface area contributed by atoms with Crippen LogP contribution in [0.15, 0.2) is 12.2 Å². The number of ether oxygens (including phenoxy) is 1. The third-order valence-corrected chi connectivity index (χ3v) is 7.99. The maximum absolute atomic E-state index is 12.4. The van der Waals surface area contributed by atoms with Gasteiger partial charge in [-0.1, -0.05) is 142 Å². The minimum absolute atomic E-state index is 0.0963. The zero-order valence-corrected chi connectivity index (χ0v) is 26.9. The molecule has 0 heterocycles. The zero-order valence-electron chi connectivity index (χ0n) is 26.9. The Labute approximate surface area is 249 Å². The lowest BCUT2D eigenvalue weighted by atomic mass is 10.0. The van der Waals surface area contributed by atoms with E-state index in [0.29, 0.717) is 19.3 Å². The van der Waals surface area contributed by atoms with E-state index < -0.39 is 5.97 Å². The summed E-state index contributed by atoms with van der Waals surface area (Å²) in [5, 5.41) is 8.98. The second kappa shape index (κ2) is 32.2. The first-order valence-electron chi connectivity index (χ1n) is 17.7. The first-order chi connectivity index (χ1) is 19.6. The van der Waals surface area contributed by atoms with Gasteiger partial charge >= 0.3 is 11.9 Å². The van der Waals surface area contributed by atoms with Crippen molar-refractivity contribution in [1.29, 1.82) is 0 Å². The topological polar surface area (TPSA) is 63.6 Å². The van der Waals surface area contributed by atoms with E-state index in [9.17, 15) is 9.59 Å². The third-order valence-electron chi connectivity index (χ3n) is 7.99. The maximum Gasteiger partial charge on any atom is 0.306 e. The van der Waals surface area contributed by atoms with Gasteiger partial charge in [-0.05, 0) is 57.8 Å². The molecular formula is C36H68O4. The van der Waals surface area contributed by atoms with Crippen molar-refractivity contribution in [1.82, 2.24) is 0 Å². The van der Waals surface area contributed by atoms with Gasteiger partial charge in [0.25, 0.3) is 0 Å². The second-order valence-corrected chi connectivity index (χ2v) is 12.1. The lowest BCUT2D eigenvalue weighted by Gasteiger charge is -2.18. The first-order valence-corrected chi connectivity index (χ1v) is 17.7. The second-order valence-electron chi connectivity index (χ2n) is 12.1. The molecule has 0 amide bonds. The monoisotopic (exact) mass is 565 g/mol. The van der Waals surface area contributed by atoms with Crippen LogP contribution in [0.4, 0.5) is 0 Å². The van der Waals surface area contributed by atoms with Crippen LogP contribution in [0.5, 0.6) is 0 Å². The quantitative estimate of drug-likeness (QED) is 0.0501. The van der Waals surface area contributed by atoms with Crippen molar-refractivity contribution in [2.24, 2.45) is 0 Å². The first kappa shape index (κ1) is 38.7. The van der Waals surface area contributed by atoms with Gasteiger partial charge in [-0.15, -0.1) is 0 Å². The number of aliphatic carboxylic acids is 1. The molecule has 0 aromatic carbocycles. The van der Waals surface area contributed by atoms with Crippen LogP contribution in [0.2, 0.25) is 0 Å². The Morgan fingerprint density at radius 2 is 0.925 bits per heavy atom. The van der Waals surface area contributed by atoms with Crippen molar-refractivity contribution < 1.29 is 19.4 Å². The summed E-state index contributed by atoms with van der Waals surface area (Å²) in [7, 11) is 0. The van der Waals surface area contributed by atoms with Gasteiger partial charge < -0.3 is 9.84 Å². The number of carboxylic acids is 1. The molecule has 4 heteroatoms. The predicted molar refractivity (Wildman–Crippen MR) is 172 cm³/mol. The number of carbonyl (C=O) groups excluding carboxylic acids is 1. The van der Waals surface area contributed by atoms with E-state index in [4.69, 9.17) is 9.84 Å². The Kier molecular flexibility index (Phi) is 31.1. The summed E-state index contributed by atoms with van der Waals surface area (Å²) in [6.07, 6.45) is 37.9. The fourth-order valence-electron chi connectivity index (χ4n) is 5.36. The number of esters is 1. The van der Waals surface area contributed by atoms with Crippen LogP contribution in [0.1, 0.15) is 200 Å². The minimum Gasteiger partial charge on any atom is -0.481 e. The van der Waals surface area contributed by atoms with E-state index in [-0.39, 0.29) is 18.5 Å². The smallest absolute Gasteiger partial charge is 0.306 e. The molecule has 0 aliphatic heterocycles. The van der Waals surface area contributed by atoms with Crippen molar-refractivity contribution in [2.75, 3.05) is 0 Å². The van der Waals surface area contributed by atoms with Crippen molar-refractivity contribution in [3.05, 3.63) is 12.2 Å². The number of rotatable bonds is 32. The summed E-state index contributed by atoms with van der Waals surface area (Å²) in [6, 6.07) is 0. The van der Waals surface area contributed by atoms with E-state index in [1.54, 1.807) is 0 Å². The summed E-state index contributed by atoms with van der Waals surface area (Å²) < 4.78 is 5.80. The number of hydrogen-bond donors (Lipinski definition) is 1. The zero-order chi connectivity index (χ0) is 29.4. The summed E-state index contributed by atoms with van der Waals surface area (Å²) >= 11 is 0. The molecular weight excluding hydrogens is 496 g/mol. The molecule has 40 heavy (non-hydrogen) atoms. The van der Waals surface area contributed by atoms with Crippen molar-refractivity contribution in [3.63, 3.8) is 0 Å². The number of carboxylic acid groups (broad SMARTS) is 1. The van der Waals surface area contributed by atoms with Crippen LogP contribution < -0.4 is 0 Å². The SMILES string of the molecule is CCCCCCCC/C=C\CCCCCCCC(=O)OC(CCCCCCCCCCCCC)CCCC(=O)O. The molecule has 0 aliphatic rings. The molecule has 0 rings (SSSR count). The Morgan fingerprint density at radius 1 is 0.525 bits per heavy atom. The van der Waals surface area contributed by atoms with E-state index in [1.165, 1.54) is 135 Å². The maximum atomic E-state index is 12.4. The van der Waals surface area contributed by atoms with E-state index in [1.807, 2.05) is 0 Å². The van der Waals surface area contributed by atoms with Gasteiger partial charge in [0.15, 0.2) is 0 Å². The van der Waals surface area contributed by atoms with Crippen LogP contribution in [0, 0.1) is 0 Å². The number of hydrogen-bond acceptors (Lipinski definition) is 3. The lowest BCUT2D eigenvalue weighted by molar-refractivity contribution is -0.150. The van der Waals surface area contributed by atoms with Crippen molar-refractivity contribution in [2.45, 2.75) is 206 Å². The fourth-order valence-corrected chi connectivity index (χ4v) is 5.36. The van der Waals surface area contributed by atoms with Gasteiger partial charge in [0.2, 0.25) is 0 Å². The molecule has 0 aromatic heterocycles. The fraction of sp³-hybridized carbons (Fsp3) is 0.889.